The van der Waals surface area contributed by atoms with E-state index in [4.69, 9.17) is 27.9 Å². The van der Waals surface area contributed by atoms with Gasteiger partial charge in [-0.2, -0.15) is 0 Å². The van der Waals surface area contributed by atoms with Gasteiger partial charge in [-0.25, -0.2) is 8.42 Å². The van der Waals surface area contributed by atoms with E-state index in [1.807, 2.05) is 51.1 Å². The van der Waals surface area contributed by atoms with E-state index in [-0.39, 0.29) is 34.3 Å². The lowest BCUT2D eigenvalue weighted by Gasteiger charge is -2.35. The summed E-state index contributed by atoms with van der Waals surface area (Å²) in [5.41, 5.74) is 0.876. The molecule has 8 nitrogen and oxygen atoms in total. The lowest BCUT2D eigenvalue weighted by molar-refractivity contribution is -0.140. The van der Waals surface area contributed by atoms with E-state index in [1.54, 1.807) is 48.5 Å². The number of benzene rings is 4. The normalized spacial score (nSPS) is 12.2. The predicted molar refractivity (Wildman–Crippen MR) is 183 cm³/mol. The molecule has 0 bridgehead atoms. The Morgan fingerprint density at radius 2 is 1.48 bits per heavy atom. The summed E-state index contributed by atoms with van der Waals surface area (Å²) < 4.78 is 34.9. The number of sulfonamides is 1. The molecule has 4 rings (SSSR count). The number of carbonyl (C=O) groups excluding carboxylic acids is 2. The summed E-state index contributed by atoms with van der Waals surface area (Å²) in [7, 11) is -2.93. The molecule has 0 aliphatic carbocycles. The van der Waals surface area contributed by atoms with Crippen LogP contribution >= 0.6 is 23.2 Å². The molecule has 0 unspecified atom stereocenters. The van der Waals surface area contributed by atoms with Crippen molar-refractivity contribution in [2.24, 2.45) is 0 Å². The van der Waals surface area contributed by atoms with Crippen LogP contribution in [-0.2, 0) is 32.6 Å². The van der Waals surface area contributed by atoms with E-state index in [0.29, 0.717) is 10.6 Å². The molecule has 4 aromatic rings. The molecule has 4 aromatic carbocycles. The van der Waals surface area contributed by atoms with Gasteiger partial charge in [-0.15, -0.1) is 0 Å². The van der Waals surface area contributed by atoms with Crippen LogP contribution in [0.4, 0.5) is 5.69 Å². The fourth-order valence-electron chi connectivity index (χ4n) is 4.91. The number of hydrogen-bond donors (Lipinski definition) is 1. The van der Waals surface area contributed by atoms with E-state index in [2.05, 4.69) is 5.32 Å². The van der Waals surface area contributed by atoms with Crippen molar-refractivity contribution in [3.63, 3.8) is 0 Å². The first-order valence-electron chi connectivity index (χ1n) is 14.6. The highest BCUT2D eigenvalue weighted by molar-refractivity contribution is 7.92. The van der Waals surface area contributed by atoms with E-state index in [9.17, 15) is 18.0 Å². The van der Waals surface area contributed by atoms with Crippen molar-refractivity contribution in [3.8, 4) is 5.75 Å². The Morgan fingerprint density at radius 1 is 0.870 bits per heavy atom. The minimum Gasteiger partial charge on any atom is -0.495 e. The second-order valence-corrected chi connectivity index (χ2v) is 14.4. The van der Waals surface area contributed by atoms with Crippen molar-refractivity contribution in [2.75, 3.05) is 18.0 Å². The first-order chi connectivity index (χ1) is 21.8. The fourth-order valence-corrected chi connectivity index (χ4v) is 6.71. The molecule has 0 fully saturated rings. The maximum absolute atomic E-state index is 14.6. The molecular formula is C35H37Cl2N3O5S. The Balaban J connectivity index is 1.87. The quantitative estimate of drug-likeness (QED) is 0.178. The molecule has 1 N–H and O–H groups in total. The van der Waals surface area contributed by atoms with Gasteiger partial charge in [0.05, 0.1) is 17.7 Å². The van der Waals surface area contributed by atoms with Crippen molar-refractivity contribution in [2.45, 2.75) is 50.2 Å². The van der Waals surface area contributed by atoms with Gasteiger partial charge in [0.2, 0.25) is 11.8 Å². The van der Waals surface area contributed by atoms with Crippen LogP contribution in [-0.4, -0.2) is 50.4 Å². The number of carbonyl (C=O) groups is 2. The van der Waals surface area contributed by atoms with Gasteiger partial charge in [0.25, 0.3) is 10.0 Å². The average Bonchev–Trinajstić information content (AvgIpc) is 3.02. The number of hydrogen-bond acceptors (Lipinski definition) is 5. The second-order valence-electron chi connectivity index (χ2n) is 11.7. The molecule has 0 saturated carbocycles. The molecule has 0 radical (unpaired) electrons. The summed E-state index contributed by atoms with van der Waals surface area (Å²) in [4.78, 5) is 30.0. The van der Waals surface area contributed by atoms with Crippen molar-refractivity contribution in [3.05, 3.63) is 124 Å². The molecule has 0 saturated heterocycles. The third-order valence-electron chi connectivity index (χ3n) is 7.09. The summed E-state index contributed by atoms with van der Waals surface area (Å²) in [6.07, 6.45) is 0.171. The number of rotatable bonds is 12. The Morgan fingerprint density at radius 3 is 2.09 bits per heavy atom. The first kappa shape index (κ1) is 34.8. The molecule has 46 heavy (non-hydrogen) atoms. The van der Waals surface area contributed by atoms with Crippen LogP contribution in [0.25, 0.3) is 0 Å². The van der Waals surface area contributed by atoms with Crippen LogP contribution in [0.5, 0.6) is 5.75 Å². The summed E-state index contributed by atoms with van der Waals surface area (Å²) in [6, 6.07) is 27.6. The van der Waals surface area contributed by atoms with Crippen LogP contribution in [0.3, 0.4) is 0 Å². The van der Waals surface area contributed by atoms with Crippen molar-refractivity contribution in [1.82, 2.24) is 10.2 Å². The highest BCUT2D eigenvalue weighted by Gasteiger charge is 2.36. The molecule has 0 aromatic heterocycles. The van der Waals surface area contributed by atoms with Gasteiger partial charge in [0.15, 0.2) is 0 Å². The Bertz CT molecular complexity index is 1760. The number of nitrogens with zero attached hydrogens (tertiary/aromatic N) is 2. The Labute approximate surface area is 280 Å². The Kier molecular flexibility index (Phi) is 11.4. The van der Waals surface area contributed by atoms with Gasteiger partial charge in [0.1, 0.15) is 18.3 Å². The maximum Gasteiger partial charge on any atom is 0.264 e. The number of amides is 2. The topological polar surface area (TPSA) is 96.0 Å². The summed E-state index contributed by atoms with van der Waals surface area (Å²) >= 11 is 12.9. The highest BCUT2D eigenvalue weighted by atomic mass is 35.5. The Hall–Kier alpha value is -4.05. The molecule has 2 amide bonds. The van der Waals surface area contributed by atoms with Crippen LogP contribution in [0.1, 0.15) is 31.9 Å². The fraction of sp³-hybridized carbons (Fsp3) is 0.257. The lowest BCUT2D eigenvalue weighted by atomic mass is 10.0. The minimum atomic E-state index is -4.33. The van der Waals surface area contributed by atoms with E-state index in [0.717, 1.165) is 9.87 Å². The molecule has 1 atom stereocenters. The van der Waals surface area contributed by atoms with Crippen LogP contribution in [0.2, 0.25) is 10.0 Å². The largest absolute Gasteiger partial charge is 0.495 e. The summed E-state index contributed by atoms with van der Waals surface area (Å²) in [6.45, 7) is 4.84. The van der Waals surface area contributed by atoms with Gasteiger partial charge < -0.3 is 15.0 Å². The zero-order valence-electron chi connectivity index (χ0n) is 26.1. The third kappa shape index (κ3) is 8.81. The zero-order chi connectivity index (χ0) is 33.5. The SMILES string of the molecule is COc1ccc(Cl)cc1N(CC(=O)N(Cc1ccccc1Cl)[C@@H](Cc1ccccc1)C(=O)NC(C)(C)C)S(=O)(=O)c1ccccc1. The predicted octanol–water partition coefficient (Wildman–Crippen LogP) is 6.75. The standard InChI is InChI=1S/C35H37Cl2N3O5S/c1-35(2,3)38-34(42)31(21-25-13-7-5-8-14-25)39(23-26-15-11-12-18-29(26)37)33(41)24-40(30-22-27(36)19-20-32(30)45-4)46(43,44)28-16-9-6-10-17-28/h5-20,22,31H,21,23-24H2,1-4H3,(H,38,42)/t31-/m0/s1. The lowest BCUT2D eigenvalue weighted by Crippen LogP contribution is -2.56. The van der Waals surface area contributed by atoms with Crippen LogP contribution in [0.15, 0.2) is 108 Å². The minimum absolute atomic E-state index is 0.0335. The van der Waals surface area contributed by atoms with Gasteiger partial charge in [-0.05, 0) is 68.3 Å². The van der Waals surface area contributed by atoms with E-state index < -0.39 is 40.0 Å². The van der Waals surface area contributed by atoms with E-state index >= 15 is 0 Å². The summed E-state index contributed by atoms with van der Waals surface area (Å²) in [5, 5.41) is 3.66. The zero-order valence-corrected chi connectivity index (χ0v) is 28.4. The molecule has 11 heteroatoms. The monoisotopic (exact) mass is 681 g/mol. The van der Waals surface area contributed by atoms with Crippen molar-refractivity contribution in [1.29, 1.82) is 0 Å². The average molecular weight is 683 g/mol. The molecule has 0 aliphatic rings. The van der Waals surface area contributed by atoms with Gasteiger partial charge in [-0.3, -0.25) is 13.9 Å². The molecule has 0 spiro atoms. The molecule has 242 valence electrons. The van der Waals surface area contributed by atoms with Crippen molar-refractivity contribution < 1.29 is 22.7 Å². The van der Waals surface area contributed by atoms with Crippen LogP contribution < -0.4 is 14.4 Å². The number of nitrogens with one attached hydrogen (secondary N) is 1. The number of halogens is 2. The van der Waals surface area contributed by atoms with Gasteiger partial charge in [0, 0.05) is 28.5 Å². The van der Waals surface area contributed by atoms with Gasteiger partial charge >= 0.3 is 0 Å². The van der Waals surface area contributed by atoms with Crippen LogP contribution in [0, 0.1) is 0 Å². The molecule has 0 heterocycles. The third-order valence-corrected chi connectivity index (χ3v) is 9.47. The number of methoxy groups -OCH3 is 1. The highest BCUT2D eigenvalue weighted by Crippen LogP contribution is 2.35. The molecular weight excluding hydrogens is 645 g/mol. The number of ether oxygens (including phenoxy) is 1. The smallest absolute Gasteiger partial charge is 0.264 e. The van der Waals surface area contributed by atoms with E-state index in [1.165, 1.54) is 36.3 Å². The number of anilines is 1. The second kappa shape index (κ2) is 15.0. The summed E-state index contributed by atoms with van der Waals surface area (Å²) in [5.74, 6) is -0.832. The van der Waals surface area contributed by atoms with Gasteiger partial charge in [-0.1, -0.05) is 89.9 Å². The molecule has 0 aliphatic heterocycles. The van der Waals surface area contributed by atoms with Crippen molar-refractivity contribution >= 4 is 50.7 Å². The first-order valence-corrected chi connectivity index (χ1v) is 16.8. The maximum atomic E-state index is 14.6.